The van der Waals surface area contributed by atoms with Gasteiger partial charge in [0, 0.05) is 13.1 Å². The number of carbonyl (C=O) groups excluding carboxylic acids is 2. The summed E-state index contributed by atoms with van der Waals surface area (Å²) < 4.78 is 10.5. The van der Waals surface area contributed by atoms with E-state index in [0.29, 0.717) is 19.5 Å². The molecule has 7 heteroatoms. The third-order valence-corrected chi connectivity index (χ3v) is 3.60. The molecule has 1 N–H and O–H groups in total. The number of nitrogens with zero attached hydrogens (tertiary/aromatic N) is 1. The van der Waals surface area contributed by atoms with Gasteiger partial charge in [-0.1, -0.05) is 0 Å². The molecule has 2 atom stereocenters. The minimum Gasteiger partial charge on any atom is -0.440 e. The van der Waals surface area contributed by atoms with Crippen molar-refractivity contribution < 1.29 is 18.7 Å². The van der Waals surface area contributed by atoms with Crippen molar-refractivity contribution in [2.45, 2.75) is 18.6 Å². The maximum Gasteiger partial charge on any atom is 0.289 e. The molecule has 0 aliphatic carbocycles. The van der Waals surface area contributed by atoms with E-state index in [1.54, 1.807) is 11.0 Å². The molecule has 2 saturated heterocycles. The number of furan rings is 1. The van der Waals surface area contributed by atoms with Crippen LogP contribution in [-0.2, 0) is 9.53 Å². The van der Waals surface area contributed by atoms with E-state index >= 15 is 0 Å². The number of amides is 2. The van der Waals surface area contributed by atoms with Gasteiger partial charge in [0.25, 0.3) is 5.91 Å². The zero-order valence-electron chi connectivity index (χ0n) is 10.1. The van der Waals surface area contributed by atoms with Crippen LogP contribution in [0.3, 0.4) is 0 Å². The Labute approximate surface area is 114 Å². The molecule has 1 aromatic heterocycles. The first-order valence-electron chi connectivity index (χ1n) is 6.09. The van der Waals surface area contributed by atoms with Crippen molar-refractivity contribution in [1.29, 1.82) is 0 Å². The number of ether oxygens (including phenoxy) is 1. The lowest BCUT2D eigenvalue weighted by molar-refractivity contribution is -0.139. The number of carbonyl (C=O) groups is 2. The molecule has 0 bridgehead atoms. The highest BCUT2D eigenvalue weighted by Crippen LogP contribution is 2.21. The first-order chi connectivity index (χ1) is 9.13. The molecule has 0 saturated carbocycles. The van der Waals surface area contributed by atoms with E-state index in [0.717, 1.165) is 0 Å². The molecule has 2 aliphatic rings. The molecule has 3 heterocycles. The molecule has 102 valence electrons. The number of rotatable bonds is 1. The standard InChI is InChI=1S/C12H13ClN2O4/c13-10-2-1-9(19-10)12(17)15-4-3-8-7(5-15)14-11(16)6-18-8/h1-2,7-8H,3-6H2,(H,14,16)/t7-,8-/m0/s1. The van der Waals surface area contributed by atoms with Gasteiger partial charge in [0.15, 0.2) is 11.0 Å². The average molecular weight is 285 g/mol. The summed E-state index contributed by atoms with van der Waals surface area (Å²) in [5, 5.41) is 3.03. The largest absolute Gasteiger partial charge is 0.440 e. The molecule has 6 nitrogen and oxygen atoms in total. The highest BCUT2D eigenvalue weighted by Gasteiger charge is 2.37. The van der Waals surface area contributed by atoms with Crippen molar-refractivity contribution in [3.8, 4) is 0 Å². The Morgan fingerprint density at radius 3 is 3.05 bits per heavy atom. The Balaban J connectivity index is 1.70. The molecule has 0 radical (unpaired) electrons. The second-order valence-electron chi connectivity index (χ2n) is 4.67. The van der Waals surface area contributed by atoms with E-state index in [9.17, 15) is 9.59 Å². The number of hydrogen-bond donors (Lipinski definition) is 1. The molecule has 0 aromatic carbocycles. The van der Waals surface area contributed by atoms with E-state index < -0.39 is 0 Å². The second kappa shape index (κ2) is 4.86. The molecule has 2 aliphatic heterocycles. The molecule has 2 amide bonds. The van der Waals surface area contributed by atoms with Crippen LogP contribution in [0, 0.1) is 0 Å². The summed E-state index contributed by atoms with van der Waals surface area (Å²) in [4.78, 5) is 25.1. The fourth-order valence-electron chi connectivity index (χ4n) is 2.47. The van der Waals surface area contributed by atoms with Crippen LogP contribution in [0.4, 0.5) is 0 Å². The zero-order valence-corrected chi connectivity index (χ0v) is 10.9. The van der Waals surface area contributed by atoms with Crippen LogP contribution in [0.15, 0.2) is 16.5 Å². The summed E-state index contributed by atoms with van der Waals surface area (Å²) >= 11 is 5.66. The molecule has 0 spiro atoms. The number of fused-ring (bicyclic) bond motifs is 1. The average Bonchev–Trinajstić information content (AvgIpc) is 2.83. The number of nitrogens with one attached hydrogen (secondary N) is 1. The van der Waals surface area contributed by atoms with E-state index in [2.05, 4.69) is 5.32 Å². The van der Waals surface area contributed by atoms with Crippen LogP contribution in [0.5, 0.6) is 0 Å². The molecular formula is C12H13ClN2O4. The van der Waals surface area contributed by atoms with Crippen molar-refractivity contribution in [1.82, 2.24) is 10.2 Å². The molecule has 3 rings (SSSR count). The van der Waals surface area contributed by atoms with Crippen molar-refractivity contribution in [2.24, 2.45) is 0 Å². The van der Waals surface area contributed by atoms with Crippen molar-refractivity contribution in [3.05, 3.63) is 23.1 Å². The number of likely N-dealkylation sites (tertiary alicyclic amines) is 1. The number of halogens is 1. The van der Waals surface area contributed by atoms with Gasteiger partial charge in [-0.3, -0.25) is 9.59 Å². The zero-order chi connectivity index (χ0) is 13.4. The molecule has 2 fully saturated rings. The Morgan fingerprint density at radius 1 is 1.47 bits per heavy atom. The lowest BCUT2D eigenvalue weighted by Gasteiger charge is -2.40. The minimum absolute atomic E-state index is 0.0121. The van der Waals surface area contributed by atoms with E-state index in [4.69, 9.17) is 20.8 Å². The van der Waals surface area contributed by atoms with Crippen LogP contribution < -0.4 is 5.32 Å². The summed E-state index contributed by atoms with van der Waals surface area (Å²) in [6, 6.07) is 2.93. The van der Waals surface area contributed by atoms with Crippen LogP contribution in [0.2, 0.25) is 5.22 Å². The van der Waals surface area contributed by atoms with Crippen molar-refractivity contribution in [2.75, 3.05) is 19.7 Å². The Hall–Kier alpha value is -1.53. The third kappa shape index (κ3) is 2.46. The highest BCUT2D eigenvalue weighted by atomic mass is 35.5. The van der Waals surface area contributed by atoms with E-state index in [-0.39, 0.29) is 41.5 Å². The molecule has 19 heavy (non-hydrogen) atoms. The third-order valence-electron chi connectivity index (χ3n) is 3.40. The number of morpholine rings is 1. The van der Waals surface area contributed by atoms with Gasteiger partial charge in [0.2, 0.25) is 5.91 Å². The molecule has 1 aromatic rings. The summed E-state index contributed by atoms with van der Waals surface area (Å²) in [5.74, 6) is -0.145. The lowest BCUT2D eigenvalue weighted by atomic mass is 10.0. The summed E-state index contributed by atoms with van der Waals surface area (Å²) in [5.41, 5.74) is 0. The number of hydrogen-bond acceptors (Lipinski definition) is 4. The Morgan fingerprint density at radius 2 is 2.32 bits per heavy atom. The minimum atomic E-state index is -0.217. The predicted octanol–water partition coefficient (Wildman–Crippen LogP) is 0.663. The predicted molar refractivity (Wildman–Crippen MR) is 65.9 cm³/mol. The SMILES string of the molecule is O=C1CO[C@H]2CCN(C(=O)c3ccc(Cl)o3)C[C@@H]2N1. The normalized spacial score (nSPS) is 26.8. The van der Waals surface area contributed by atoms with Crippen LogP contribution >= 0.6 is 11.6 Å². The fourth-order valence-corrected chi connectivity index (χ4v) is 2.62. The van der Waals surface area contributed by atoms with Gasteiger partial charge in [0.1, 0.15) is 6.61 Å². The van der Waals surface area contributed by atoms with Crippen LogP contribution in [-0.4, -0.2) is 48.6 Å². The topological polar surface area (TPSA) is 71.8 Å². The number of piperidine rings is 1. The van der Waals surface area contributed by atoms with Gasteiger partial charge in [-0.2, -0.15) is 0 Å². The van der Waals surface area contributed by atoms with Crippen LogP contribution in [0.25, 0.3) is 0 Å². The van der Waals surface area contributed by atoms with Gasteiger partial charge in [-0.05, 0) is 30.2 Å². The maximum absolute atomic E-state index is 12.2. The summed E-state index contributed by atoms with van der Waals surface area (Å²) in [7, 11) is 0. The Bertz CT molecular complexity index is 516. The maximum atomic E-state index is 12.2. The van der Waals surface area contributed by atoms with Gasteiger partial charge < -0.3 is 19.4 Å². The Kier molecular flexibility index (Phi) is 3.20. The van der Waals surface area contributed by atoms with E-state index in [1.165, 1.54) is 6.07 Å². The monoisotopic (exact) mass is 284 g/mol. The van der Waals surface area contributed by atoms with Gasteiger partial charge >= 0.3 is 0 Å². The van der Waals surface area contributed by atoms with Crippen molar-refractivity contribution >= 4 is 23.4 Å². The quantitative estimate of drug-likeness (QED) is 0.822. The lowest BCUT2D eigenvalue weighted by Crippen LogP contribution is -2.61. The van der Waals surface area contributed by atoms with Crippen molar-refractivity contribution in [3.63, 3.8) is 0 Å². The highest BCUT2D eigenvalue weighted by molar-refractivity contribution is 6.29. The molecular weight excluding hydrogens is 272 g/mol. The first kappa shape index (κ1) is 12.5. The van der Waals surface area contributed by atoms with Gasteiger partial charge in [0.05, 0.1) is 12.1 Å². The van der Waals surface area contributed by atoms with Gasteiger partial charge in [-0.15, -0.1) is 0 Å². The summed E-state index contributed by atoms with van der Waals surface area (Å²) in [6.45, 7) is 1.10. The first-order valence-corrected chi connectivity index (χ1v) is 6.47. The fraction of sp³-hybridized carbons (Fsp3) is 0.500. The van der Waals surface area contributed by atoms with Gasteiger partial charge in [-0.25, -0.2) is 0 Å². The second-order valence-corrected chi connectivity index (χ2v) is 5.04. The van der Waals surface area contributed by atoms with E-state index in [1.807, 2.05) is 0 Å². The van der Waals surface area contributed by atoms with Crippen LogP contribution in [0.1, 0.15) is 17.0 Å². The smallest absolute Gasteiger partial charge is 0.289 e. The molecule has 0 unspecified atom stereocenters. The summed E-state index contributed by atoms with van der Waals surface area (Å²) in [6.07, 6.45) is 0.687.